The van der Waals surface area contributed by atoms with Crippen molar-refractivity contribution in [2.45, 2.75) is 39.9 Å². The van der Waals surface area contributed by atoms with Crippen molar-refractivity contribution in [3.63, 3.8) is 0 Å². The summed E-state index contributed by atoms with van der Waals surface area (Å²) in [4.78, 5) is 0. The van der Waals surface area contributed by atoms with Crippen molar-refractivity contribution in [2.75, 3.05) is 40.6 Å². The molecule has 0 spiro atoms. The second-order valence-corrected chi connectivity index (χ2v) is 8.54. The van der Waals surface area contributed by atoms with E-state index in [-0.39, 0.29) is 38.6 Å². The Kier molecular flexibility index (Phi) is 11.8. The van der Waals surface area contributed by atoms with Gasteiger partial charge < -0.3 is 9.47 Å². The molecular formula is C12H28O9P2. The summed E-state index contributed by atoms with van der Waals surface area (Å²) in [6.07, 6.45) is -0.0216. The molecule has 0 aromatic rings. The summed E-state index contributed by atoms with van der Waals surface area (Å²) in [6, 6.07) is 0. The lowest BCUT2D eigenvalue weighted by Crippen LogP contribution is -2.13. The topological polar surface area (TPSA) is 98.8 Å². The van der Waals surface area contributed by atoms with Crippen molar-refractivity contribution in [3.8, 4) is 0 Å². The SMILES string of the molecule is COP(=O)(OC)OP(=O)(OCCOC(C)C)OCCOC(C)C. The lowest BCUT2D eigenvalue weighted by molar-refractivity contribution is 0.0261. The van der Waals surface area contributed by atoms with Crippen LogP contribution in [-0.2, 0) is 41.0 Å². The van der Waals surface area contributed by atoms with Gasteiger partial charge in [0.05, 0.1) is 38.6 Å². The zero-order valence-electron chi connectivity index (χ0n) is 14.6. The first-order valence-corrected chi connectivity index (χ1v) is 10.1. The Morgan fingerprint density at radius 3 is 1.39 bits per heavy atom. The zero-order chi connectivity index (χ0) is 17.9. The molecule has 0 bridgehead atoms. The fraction of sp³-hybridized carbons (Fsp3) is 1.00. The summed E-state index contributed by atoms with van der Waals surface area (Å²) in [5.74, 6) is 0. The molecule has 0 fully saturated rings. The third kappa shape index (κ3) is 11.4. The largest absolute Gasteiger partial charge is 0.483 e. The van der Waals surface area contributed by atoms with E-state index in [1.807, 2.05) is 27.7 Å². The molecule has 0 aliphatic rings. The molecule has 0 aliphatic carbocycles. The highest BCUT2D eigenvalue weighted by molar-refractivity contribution is 7.62. The number of hydrogen-bond acceptors (Lipinski definition) is 9. The minimum atomic E-state index is -4.17. The number of phosphoric acid groups is 2. The quantitative estimate of drug-likeness (QED) is 0.333. The predicted molar refractivity (Wildman–Crippen MR) is 84.4 cm³/mol. The first kappa shape index (κ1) is 23.2. The molecule has 140 valence electrons. The average Bonchev–Trinajstić information content (AvgIpc) is 2.48. The van der Waals surface area contributed by atoms with Crippen LogP contribution in [0.5, 0.6) is 0 Å². The molecule has 11 heteroatoms. The smallest absolute Gasteiger partial charge is 0.376 e. The Bertz CT molecular complexity index is 372. The van der Waals surface area contributed by atoms with E-state index in [0.29, 0.717) is 0 Å². The van der Waals surface area contributed by atoms with Crippen molar-refractivity contribution in [1.82, 2.24) is 0 Å². The van der Waals surface area contributed by atoms with Gasteiger partial charge in [0, 0.05) is 14.2 Å². The van der Waals surface area contributed by atoms with E-state index < -0.39 is 15.6 Å². The van der Waals surface area contributed by atoms with Gasteiger partial charge in [-0.2, -0.15) is 4.31 Å². The molecule has 0 heterocycles. The molecule has 0 amide bonds. The number of rotatable bonds is 14. The number of ether oxygens (including phenoxy) is 2. The van der Waals surface area contributed by atoms with Crippen LogP contribution >= 0.6 is 15.6 Å². The van der Waals surface area contributed by atoms with Crippen LogP contribution in [0.15, 0.2) is 0 Å². The molecule has 0 unspecified atom stereocenters. The van der Waals surface area contributed by atoms with Gasteiger partial charge in [0.2, 0.25) is 0 Å². The van der Waals surface area contributed by atoms with Gasteiger partial charge in [0.15, 0.2) is 0 Å². The zero-order valence-corrected chi connectivity index (χ0v) is 16.3. The van der Waals surface area contributed by atoms with E-state index in [1.165, 1.54) is 0 Å². The van der Waals surface area contributed by atoms with Crippen molar-refractivity contribution >= 4 is 15.6 Å². The summed E-state index contributed by atoms with van der Waals surface area (Å²) in [6.45, 7) is 7.57. The molecule has 0 aromatic carbocycles. The lowest BCUT2D eigenvalue weighted by atomic mass is 10.5. The summed E-state index contributed by atoms with van der Waals surface area (Å²) < 4.78 is 59.2. The van der Waals surface area contributed by atoms with E-state index >= 15 is 0 Å². The Morgan fingerprint density at radius 2 is 1.09 bits per heavy atom. The van der Waals surface area contributed by atoms with E-state index in [4.69, 9.17) is 22.8 Å². The van der Waals surface area contributed by atoms with Crippen LogP contribution in [0, 0.1) is 0 Å². The maximum absolute atomic E-state index is 12.5. The van der Waals surface area contributed by atoms with E-state index in [0.717, 1.165) is 14.2 Å². The minimum Gasteiger partial charge on any atom is -0.376 e. The van der Waals surface area contributed by atoms with Crippen LogP contribution in [-0.4, -0.2) is 52.9 Å². The molecule has 0 saturated heterocycles. The fourth-order valence-corrected chi connectivity index (χ4v) is 3.92. The lowest BCUT2D eigenvalue weighted by Gasteiger charge is -2.21. The Balaban J connectivity index is 4.63. The monoisotopic (exact) mass is 378 g/mol. The van der Waals surface area contributed by atoms with Gasteiger partial charge in [0.25, 0.3) is 0 Å². The van der Waals surface area contributed by atoms with Crippen LogP contribution in [0.1, 0.15) is 27.7 Å². The summed E-state index contributed by atoms with van der Waals surface area (Å²) in [7, 11) is -6.01. The molecule has 23 heavy (non-hydrogen) atoms. The fourth-order valence-electron chi connectivity index (χ4n) is 1.21. The van der Waals surface area contributed by atoms with E-state index in [9.17, 15) is 9.13 Å². The van der Waals surface area contributed by atoms with Crippen LogP contribution < -0.4 is 0 Å². The summed E-state index contributed by atoms with van der Waals surface area (Å²) >= 11 is 0. The molecule has 0 N–H and O–H groups in total. The standard InChI is InChI=1S/C12H28O9P2/c1-11(2)17-7-9-19-23(14,20-10-8-18-12(3)4)21-22(13,15-5)16-6/h11-12H,7-10H2,1-6H3. The molecule has 0 aliphatic heterocycles. The van der Waals surface area contributed by atoms with Crippen molar-refractivity contribution < 1.29 is 41.0 Å². The minimum absolute atomic E-state index is 0.0108. The van der Waals surface area contributed by atoms with Gasteiger partial charge in [-0.15, -0.1) is 0 Å². The molecule has 0 atom stereocenters. The predicted octanol–water partition coefficient (Wildman–Crippen LogP) is 3.40. The first-order valence-electron chi connectivity index (χ1n) is 7.21. The molecule has 0 saturated carbocycles. The van der Waals surface area contributed by atoms with Crippen LogP contribution in [0.4, 0.5) is 0 Å². The van der Waals surface area contributed by atoms with Gasteiger partial charge in [-0.3, -0.25) is 18.1 Å². The Morgan fingerprint density at radius 1 is 0.696 bits per heavy atom. The van der Waals surface area contributed by atoms with E-state index in [1.54, 1.807) is 0 Å². The highest BCUT2D eigenvalue weighted by Gasteiger charge is 2.39. The Labute approximate surface area is 138 Å². The van der Waals surface area contributed by atoms with Crippen molar-refractivity contribution in [3.05, 3.63) is 0 Å². The molecular weight excluding hydrogens is 350 g/mol. The summed E-state index contributed by atoms with van der Waals surface area (Å²) in [5.41, 5.74) is 0. The highest BCUT2D eigenvalue weighted by Crippen LogP contribution is 2.65. The van der Waals surface area contributed by atoms with Gasteiger partial charge in [-0.1, -0.05) is 0 Å². The number of hydrogen-bond donors (Lipinski definition) is 0. The molecule has 0 rings (SSSR count). The van der Waals surface area contributed by atoms with Crippen molar-refractivity contribution in [1.29, 1.82) is 0 Å². The number of phosphoric ester groups is 2. The molecule has 9 nitrogen and oxygen atoms in total. The van der Waals surface area contributed by atoms with Gasteiger partial charge in [0.1, 0.15) is 0 Å². The third-order valence-corrected chi connectivity index (χ3v) is 5.71. The molecule has 0 radical (unpaired) electrons. The maximum Gasteiger partial charge on any atom is 0.483 e. The van der Waals surface area contributed by atoms with Gasteiger partial charge in [-0.25, -0.2) is 9.13 Å². The second kappa shape index (κ2) is 11.7. The normalized spacial score (nSPS) is 13.2. The van der Waals surface area contributed by atoms with Crippen LogP contribution in [0.3, 0.4) is 0 Å². The Hall–Kier alpha value is 0.180. The van der Waals surface area contributed by atoms with Gasteiger partial charge in [-0.05, 0) is 27.7 Å². The highest BCUT2D eigenvalue weighted by atomic mass is 31.3. The molecule has 0 aromatic heterocycles. The van der Waals surface area contributed by atoms with Crippen LogP contribution in [0.25, 0.3) is 0 Å². The average molecular weight is 378 g/mol. The van der Waals surface area contributed by atoms with Crippen molar-refractivity contribution in [2.24, 2.45) is 0 Å². The third-order valence-electron chi connectivity index (χ3n) is 2.22. The second-order valence-electron chi connectivity index (χ2n) is 4.85. The maximum atomic E-state index is 12.5. The summed E-state index contributed by atoms with van der Waals surface area (Å²) in [5, 5.41) is 0. The van der Waals surface area contributed by atoms with E-state index in [2.05, 4.69) is 9.05 Å². The van der Waals surface area contributed by atoms with Crippen LogP contribution in [0.2, 0.25) is 0 Å². The van der Waals surface area contributed by atoms with Gasteiger partial charge >= 0.3 is 15.6 Å². The first-order chi connectivity index (χ1) is 10.7.